The summed E-state index contributed by atoms with van der Waals surface area (Å²) in [6.45, 7) is 12.5. The third-order valence-electron chi connectivity index (χ3n) is 13.4. The molecule has 47 heteroatoms. The molecule has 9 aromatic rings. The molecule has 642 valence electrons. The molecule has 0 bridgehead atoms. The van der Waals surface area contributed by atoms with Crippen molar-refractivity contribution in [3.05, 3.63) is 159 Å². The summed E-state index contributed by atoms with van der Waals surface area (Å²) in [6.07, 6.45) is -28.1. The lowest BCUT2D eigenvalue weighted by Crippen LogP contribution is -2.20. The van der Waals surface area contributed by atoms with Crippen molar-refractivity contribution in [2.75, 3.05) is 63.2 Å². The van der Waals surface area contributed by atoms with Crippen molar-refractivity contribution < 1.29 is 177 Å². The molecular weight excluding hydrogens is 1780 g/mol. The number of ether oxygens (including phenoxy) is 11. The number of alkyl halides is 18. The first kappa shape index (κ1) is 98.3. The molecule has 0 atom stereocenters. The van der Waals surface area contributed by atoms with Gasteiger partial charge in [-0.2, -0.15) is 0 Å². The van der Waals surface area contributed by atoms with Gasteiger partial charge in [-0.15, -0.1) is 84.6 Å². The van der Waals surface area contributed by atoms with Crippen molar-refractivity contribution >= 4 is 104 Å². The van der Waals surface area contributed by atoms with Crippen molar-refractivity contribution in [2.45, 2.75) is 98.6 Å². The number of hydrogen-bond acceptors (Lipinski definition) is 15. The average Bonchev–Trinajstić information content (AvgIpc) is 1.62. The van der Waals surface area contributed by atoms with Gasteiger partial charge in [0.25, 0.3) is 0 Å². The van der Waals surface area contributed by atoms with Crippen LogP contribution >= 0.6 is 22.6 Å². The van der Waals surface area contributed by atoms with Gasteiger partial charge in [0.05, 0.1) is 81.2 Å². The molecule has 0 unspecified atom stereocenters. The molecule has 0 radical (unpaired) electrons. The Hall–Kier alpha value is -11.0. The molecular formula is C70H63F24IN6O15Si. The van der Waals surface area contributed by atoms with Gasteiger partial charge in [0.2, 0.25) is 0 Å². The first-order chi connectivity index (χ1) is 54.1. The number of H-pyrrole nitrogens is 1. The van der Waals surface area contributed by atoms with Crippen molar-refractivity contribution in [2.24, 2.45) is 0 Å². The molecule has 21 nitrogen and oxygen atoms in total. The second-order valence-corrected chi connectivity index (χ2v) is 29.0. The van der Waals surface area contributed by atoms with Gasteiger partial charge in [-0.3, -0.25) is 20.7 Å². The Bertz CT molecular complexity index is 4910. The van der Waals surface area contributed by atoms with E-state index in [2.05, 4.69) is 64.4 Å². The zero-order chi connectivity index (χ0) is 88.5. The summed E-state index contributed by atoms with van der Waals surface area (Å²) in [6, 6.07) is 13.6. The standard InChI is InChI=1S/C15H17F4NO3Si.C14H13F4NO3.C12H11F4NO2.C10H8F4INO3.C10H9F4NO3.C9H5F4NO/c1-5-22-14(21)20-13-10(8-9-24(2,3)4)12(7-6-11(13)16)23-15(17,18)19;1-8(20)9-7-19(5-6-21-2)13-10(15)3-4-11(12(9)13)22-14(16,17)18;1-18-7-6-17-5-4-8-10(19-12(14,15)16)3-2-9(13)11(8)17;1-2-18-9(17)16-8-5(11)3-4-6(7(8)15)19-10(12,13)14;1-2-17-9(16)15-8-5-6(3-4-7(8)11)18-10(12,13)14;10-6-1-2-7(15-9(11,12)13)5-3-4-14-8(5)6/h6-7H,5H2,1-4H3,(H,20,21);3-4,7H,5-6H2,1-2H3;2-5H,6-7H2,1H3;3-4H,2H2,1H3,(H,16,17);3-5H,2H2,1H3,(H,15,16);1-4,14H. The topological polar surface area (TPSA) is 232 Å². The van der Waals surface area contributed by atoms with E-state index in [9.17, 15) is 125 Å². The van der Waals surface area contributed by atoms with Crippen LogP contribution in [0.4, 0.5) is 137 Å². The van der Waals surface area contributed by atoms with Crippen molar-refractivity contribution in [1.82, 2.24) is 14.1 Å². The highest BCUT2D eigenvalue weighted by Crippen LogP contribution is 2.40. The van der Waals surface area contributed by atoms with Gasteiger partial charge in [-0.05, 0) is 135 Å². The summed E-state index contributed by atoms with van der Waals surface area (Å²) < 4.78 is 350. The number of benzene rings is 6. The lowest BCUT2D eigenvalue weighted by molar-refractivity contribution is -0.275. The van der Waals surface area contributed by atoms with Crippen LogP contribution in [0, 0.1) is 49.9 Å². The molecule has 0 saturated carbocycles. The maximum atomic E-state index is 14.1. The summed E-state index contributed by atoms with van der Waals surface area (Å²) in [5.41, 5.74) is 0.935. The van der Waals surface area contributed by atoms with E-state index in [1.807, 2.05) is 30.3 Å². The minimum Gasteiger partial charge on any atom is -0.450 e. The Balaban J connectivity index is 0.000000297. The lowest BCUT2D eigenvalue weighted by Gasteiger charge is -2.15. The highest BCUT2D eigenvalue weighted by molar-refractivity contribution is 14.1. The van der Waals surface area contributed by atoms with Gasteiger partial charge in [0, 0.05) is 68.3 Å². The molecule has 0 aliphatic rings. The molecule has 9 rings (SSSR count). The molecule has 4 N–H and O–H groups in total. The number of carbonyl (C=O) groups is 4. The van der Waals surface area contributed by atoms with E-state index in [0.717, 1.165) is 72.8 Å². The second kappa shape index (κ2) is 42.7. The summed E-state index contributed by atoms with van der Waals surface area (Å²) >= 11 is 1.43. The summed E-state index contributed by atoms with van der Waals surface area (Å²) in [7, 11) is 0.942. The predicted octanol–water partition coefficient (Wildman–Crippen LogP) is 21.8. The number of hydrogen-bond donors (Lipinski definition) is 4. The largest absolute Gasteiger partial charge is 0.573 e. The van der Waals surface area contributed by atoms with Gasteiger partial charge in [-0.25, -0.2) is 40.7 Å². The number of aromatic nitrogens is 3. The van der Waals surface area contributed by atoms with Gasteiger partial charge < -0.3 is 66.2 Å². The zero-order valence-corrected chi connectivity index (χ0v) is 64.5. The fraction of sp³-hybridized carbons (Fsp3) is 0.314. The SMILES string of the molecule is CCOC(=O)Nc1c(F)ccc(OC(F)(F)F)c1C#C[Si](C)(C)C.CCOC(=O)Nc1c(F)ccc(OC(F)(F)F)c1I.CCOC(=O)Nc1cc(OC(F)(F)F)ccc1F.COCCn1cc(C(C)=O)c2c(OC(F)(F)F)ccc(F)c21.COCCn1ccc2c(OC(F)(F)F)ccc(F)c21.Fc1ccc(OC(F)(F)F)c2cc[nH]c12. The van der Waals surface area contributed by atoms with E-state index >= 15 is 0 Å². The molecule has 6 aromatic carbocycles. The summed E-state index contributed by atoms with van der Waals surface area (Å²) in [5, 5.41) is 5.99. The monoisotopic (exact) mass is 1840 g/mol. The Labute approximate surface area is 659 Å². The van der Waals surface area contributed by atoms with Crippen LogP contribution in [0.15, 0.2) is 110 Å². The number of ketones is 1. The number of fused-ring (bicyclic) bond motifs is 3. The quantitative estimate of drug-likeness (QED) is 0.0147. The second-order valence-electron chi connectivity index (χ2n) is 23.2. The normalized spacial score (nSPS) is 11.5. The van der Waals surface area contributed by atoms with Crippen molar-refractivity contribution in [1.29, 1.82) is 0 Å². The minimum absolute atomic E-state index is 0.00301. The van der Waals surface area contributed by atoms with Gasteiger partial charge in [-0.1, -0.05) is 25.6 Å². The average molecular weight is 1840 g/mol. The first-order valence-electron chi connectivity index (χ1n) is 32.4. The van der Waals surface area contributed by atoms with Crippen LogP contribution in [-0.4, -0.2) is 132 Å². The molecule has 0 fully saturated rings. The molecule has 0 aliphatic heterocycles. The smallest absolute Gasteiger partial charge is 0.450 e. The van der Waals surface area contributed by atoms with E-state index in [-0.39, 0.29) is 80.4 Å². The number of anilines is 3. The van der Waals surface area contributed by atoms with E-state index in [4.69, 9.17) is 9.47 Å². The number of Topliss-reactive ketones (excluding diaryl/α,β-unsaturated/α-hetero) is 1. The van der Waals surface area contributed by atoms with E-state index in [0.29, 0.717) is 19.2 Å². The Morgan fingerprint density at radius 2 is 0.880 bits per heavy atom. The fourth-order valence-electron chi connectivity index (χ4n) is 9.10. The number of amides is 3. The number of nitrogens with one attached hydrogen (secondary N) is 4. The molecule has 0 saturated heterocycles. The molecule has 3 aromatic heterocycles. The van der Waals surface area contributed by atoms with E-state index in [1.165, 1.54) is 104 Å². The fourth-order valence-corrected chi connectivity index (χ4v) is 10.3. The maximum absolute atomic E-state index is 14.1. The third kappa shape index (κ3) is 33.2. The highest BCUT2D eigenvalue weighted by atomic mass is 127. The predicted molar refractivity (Wildman–Crippen MR) is 380 cm³/mol. The Kier molecular flexibility index (Phi) is 35.9. The van der Waals surface area contributed by atoms with Crippen molar-refractivity contribution in [3.63, 3.8) is 0 Å². The molecule has 3 amide bonds. The number of carbonyl (C=O) groups excluding carboxylic acids is 4. The Morgan fingerprint density at radius 1 is 0.470 bits per heavy atom. The lowest BCUT2D eigenvalue weighted by atomic mass is 10.1. The summed E-state index contributed by atoms with van der Waals surface area (Å²) in [5.74, 6) is -6.08. The van der Waals surface area contributed by atoms with Gasteiger partial charge >= 0.3 is 56.5 Å². The number of nitrogens with zero attached hydrogens (tertiary/aromatic N) is 2. The van der Waals surface area contributed by atoms with Crippen molar-refractivity contribution in [3.8, 4) is 46.0 Å². The third-order valence-corrected chi connectivity index (χ3v) is 15.3. The van der Waals surface area contributed by atoms with Crippen LogP contribution < -0.4 is 44.4 Å². The number of aromatic amines is 1. The van der Waals surface area contributed by atoms with Gasteiger partial charge in [0.15, 0.2) is 5.78 Å². The molecule has 0 aliphatic carbocycles. The Morgan fingerprint density at radius 3 is 1.38 bits per heavy atom. The molecule has 0 spiro atoms. The van der Waals surface area contributed by atoms with Crippen LogP contribution in [-0.2, 0) is 36.8 Å². The first-order valence-corrected chi connectivity index (χ1v) is 37.0. The maximum Gasteiger partial charge on any atom is 0.573 e. The number of halogens is 25. The van der Waals surface area contributed by atoms with Crippen LogP contribution in [0.5, 0.6) is 34.5 Å². The highest BCUT2D eigenvalue weighted by Gasteiger charge is 2.38. The van der Waals surface area contributed by atoms with Gasteiger partial charge in [0.1, 0.15) is 77.5 Å². The summed E-state index contributed by atoms with van der Waals surface area (Å²) in [4.78, 5) is 47.8. The minimum atomic E-state index is -4.98. The number of rotatable bonds is 19. The van der Waals surface area contributed by atoms with Crippen LogP contribution in [0.2, 0.25) is 19.6 Å². The zero-order valence-electron chi connectivity index (χ0n) is 61.3. The van der Waals surface area contributed by atoms with E-state index in [1.54, 1.807) is 0 Å². The van der Waals surface area contributed by atoms with Crippen LogP contribution in [0.3, 0.4) is 0 Å². The van der Waals surface area contributed by atoms with Crippen LogP contribution in [0.1, 0.15) is 43.6 Å². The molecule has 3 heterocycles. The van der Waals surface area contributed by atoms with E-state index < -0.39 is 157 Å². The number of methoxy groups -OCH3 is 2. The van der Waals surface area contributed by atoms with Crippen LogP contribution in [0.25, 0.3) is 32.7 Å². The molecule has 117 heavy (non-hydrogen) atoms.